The van der Waals surface area contributed by atoms with Crippen molar-refractivity contribution >= 4 is 11.9 Å². The normalized spacial score (nSPS) is 10.7. The molecule has 5 nitrogen and oxygen atoms in total. The molecule has 0 spiro atoms. The van der Waals surface area contributed by atoms with Crippen molar-refractivity contribution in [1.29, 1.82) is 0 Å². The highest BCUT2D eigenvalue weighted by Gasteiger charge is 2.20. The van der Waals surface area contributed by atoms with Crippen LogP contribution in [-0.4, -0.2) is 34.5 Å². The summed E-state index contributed by atoms with van der Waals surface area (Å²) >= 11 is 0. The molecule has 1 heterocycles. The Morgan fingerprint density at radius 1 is 1.23 bits per heavy atom. The topological polar surface area (TPSA) is 70.8 Å². The van der Waals surface area contributed by atoms with E-state index >= 15 is 0 Å². The number of aliphatic carboxylic acids is 1. The highest BCUT2D eigenvalue weighted by Crippen LogP contribution is 2.22. The van der Waals surface area contributed by atoms with Crippen molar-refractivity contribution in [1.82, 2.24) is 4.90 Å². The molecule has 2 rings (SSSR count). The van der Waals surface area contributed by atoms with E-state index in [4.69, 9.17) is 9.52 Å². The Morgan fingerprint density at radius 2 is 2.00 bits per heavy atom. The lowest BCUT2D eigenvalue weighted by Crippen LogP contribution is -2.38. The molecule has 1 N–H and O–H groups in total. The first-order chi connectivity index (χ1) is 10.5. The third-order valence-electron chi connectivity index (χ3n) is 3.41. The maximum absolute atomic E-state index is 12.6. The van der Waals surface area contributed by atoms with Crippen molar-refractivity contribution in [3.63, 3.8) is 0 Å². The summed E-state index contributed by atoms with van der Waals surface area (Å²) in [4.78, 5) is 24.9. The summed E-state index contributed by atoms with van der Waals surface area (Å²) in [5.41, 5.74) is 2.33. The molecule has 22 heavy (non-hydrogen) atoms. The zero-order chi connectivity index (χ0) is 16.1. The van der Waals surface area contributed by atoms with Gasteiger partial charge in [0, 0.05) is 23.7 Å². The molecule has 0 saturated carbocycles. The summed E-state index contributed by atoms with van der Waals surface area (Å²) in [7, 11) is 0. The van der Waals surface area contributed by atoms with Gasteiger partial charge in [-0.2, -0.15) is 0 Å². The molecule has 1 amide bonds. The highest BCUT2D eigenvalue weighted by atomic mass is 16.4. The minimum Gasteiger partial charge on any atom is -0.481 e. The van der Waals surface area contributed by atoms with Crippen LogP contribution in [-0.2, 0) is 4.79 Å². The standard InChI is InChI=1S/C17H19NO4/c1-12(2)18(8-6-16(19)20)17(21)14-5-3-4-13(10-14)15-7-9-22-11-15/h3-5,7,9-12H,6,8H2,1-2H3,(H,19,20). The van der Waals surface area contributed by atoms with Gasteiger partial charge in [-0.25, -0.2) is 0 Å². The summed E-state index contributed by atoms with van der Waals surface area (Å²) in [6.45, 7) is 3.95. The van der Waals surface area contributed by atoms with Gasteiger partial charge in [0.05, 0.1) is 18.9 Å². The van der Waals surface area contributed by atoms with Gasteiger partial charge >= 0.3 is 5.97 Å². The summed E-state index contributed by atoms with van der Waals surface area (Å²) < 4.78 is 5.06. The van der Waals surface area contributed by atoms with E-state index < -0.39 is 5.97 Å². The summed E-state index contributed by atoms with van der Waals surface area (Å²) in [6.07, 6.45) is 3.14. The second kappa shape index (κ2) is 6.93. The molecule has 5 heteroatoms. The Labute approximate surface area is 129 Å². The monoisotopic (exact) mass is 301 g/mol. The van der Waals surface area contributed by atoms with E-state index in [2.05, 4.69) is 0 Å². The number of carboxylic acids is 1. The molecule has 116 valence electrons. The van der Waals surface area contributed by atoms with Crippen molar-refractivity contribution in [2.24, 2.45) is 0 Å². The number of carbonyl (C=O) groups excluding carboxylic acids is 1. The van der Waals surface area contributed by atoms with Crippen LogP contribution in [0.2, 0.25) is 0 Å². The van der Waals surface area contributed by atoms with E-state index in [1.54, 1.807) is 29.6 Å². The SMILES string of the molecule is CC(C)N(CCC(=O)O)C(=O)c1cccc(-c2ccoc2)c1. The molecule has 0 aliphatic heterocycles. The van der Waals surface area contributed by atoms with Crippen LogP contribution >= 0.6 is 0 Å². The lowest BCUT2D eigenvalue weighted by molar-refractivity contribution is -0.137. The molecular weight excluding hydrogens is 282 g/mol. The first kappa shape index (κ1) is 15.8. The lowest BCUT2D eigenvalue weighted by atomic mass is 10.0. The first-order valence-corrected chi connectivity index (χ1v) is 7.14. The third kappa shape index (κ3) is 3.75. The molecule has 0 fully saturated rings. The van der Waals surface area contributed by atoms with E-state index in [1.165, 1.54) is 0 Å². The Morgan fingerprint density at radius 3 is 2.59 bits per heavy atom. The number of benzene rings is 1. The maximum atomic E-state index is 12.6. The maximum Gasteiger partial charge on any atom is 0.305 e. The van der Waals surface area contributed by atoms with Gasteiger partial charge in [0.1, 0.15) is 0 Å². The minimum absolute atomic E-state index is 0.0641. The Kier molecular flexibility index (Phi) is 4.99. The van der Waals surface area contributed by atoms with Gasteiger partial charge in [0.2, 0.25) is 0 Å². The van der Waals surface area contributed by atoms with Gasteiger partial charge in [-0.1, -0.05) is 12.1 Å². The number of furan rings is 1. The summed E-state index contributed by atoms with van der Waals surface area (Å²) in [5, 5.41) is 8.82. The van der Waals surface area contributed by atoms with Crippen molar-refractivity contribution in [3.8, 4) is 11.1 Å². The van der Waals surface area contributed by atoms with Gasteiger partial charge in [-0.15, -0.1) is 0 Å². The van der Waals surface area contributed by atoms with Gasteiger partial charge in [0.25, 0.3) is 5.91 Å². The molecular formula is C17H19NO4. The number of nitrogens with zero attached hydrogens (tertiary/aromatic N) is 1. The summed E-state index contributed by atoms with van der Waals surface area (Å²) in [5.74, 6) is -1.08. The summed E-state index contributed by atoms with van der Waals surface area (Å²) in [6, 6.07) is 9.01. The van der Waals surface area contributed by atoms with E-state index in [0.717, 1.165) is 11.1 Å². The van der Waals surface area contributed by atoms with Gasteiger partial charge < -0.3 is 14.4 Å². The minimum atomic E-state index is -0.911. The average Bonchev–Trinajstić information content (AvgIpc) is 3.01. The quantitative estimate of drug-likeness (QED) is 0.889. The van der Waals surface area contributed by atoms with Crippen LogP contribution in [0.15, 0.2) is 47.3 Å². The number of carbonyl (C=O) groups is 2. The second-order valence-corrected chi connectivity index (χ2v) is 5.33. The fourth-order valence-electron chi connectivity index (χ4n) is 2.24. The first-order valence-electron chi connectivity index (χ1n) is 7.14. The second-order valence-electron chi connectivity index (χ2n) is 5.33. The zero-order valence-corrected chi connectivity index (χ0v) is 12.7. The zero-order valence-electron chi connectivity index (χ0n) is 12.7. The molecule has 0 unspecified atom stereocenters. The van der Waals surface area contributed by atoms with Gasteiger partial charge in [-0.05, 0) is 37.6 Å². The van der Waals surface area contributed by atoms with Gasteiger partial charge in [0.15, 0.2) is 0 Å². The van der Waals surface area contributed by atoms with Crippen LogP contribution in [0.25, 0.3) is 11.1 Å². The molecule has 0 saturated heterocycles. The van der Waals surface area contributed by atoms with E-state index in [9.17, 15) is 9.59 Å². The fourth-order valence-corrected chi connectivity index (χ4v) is 2.24. The largest absolute Gasteiger partial charge is 0.481 e. The number of carboxylic acid groups (broad SMARTS) is 1. The molecule has 2 aromatic rings. The molecule has 0 aliphatic rings. The van der Waals surface area contributed by atoms with Crippen LogP contribution in [0.1, 0.15) is 30.6 Å². The number of amides is 1. The number of hydrogen-bond acceptors (Lipinski definition) is 3. The molecule has 0 aliphatic carbocycles. The molecule has 0 atom stereocenters. The molecule has 1 aromatic heterocycles. The number of rotatable bonds is 6. The smallest absolute Gasteiger partial charge is 0.305 e. The van der Waals surface area contributed by atoms with E-state index in [-0.39, 0.29) is 24.9 Å². The van der Waals surface area contributed by atoms with E-state index in [0.29, 0.717) is 5.56 Å². The molecule has 0 radical (unpaired) electrons. The molecule has 0 bridgehead atoms. The van der Waals surface area contributed by atoms with Crippen molar-refractivity contribution in [2.75, 3.05) is 6.54 Å². The van der Waals surface area contributed by atoms with Crippen molar-refractivity contribution in [3.05, 3.63) is 48.4 Å². The van der Waals surface area contributed by atoms with Crippen molar-refractivity contribution < 1.29 is 19.1 Å². The average molecular weight is 301 g/mol. The highest BCUT2D eigenvalue weighted by molar-refractivity contribution is 5.95. The van der Waals surface area contributed by atoms with E-state index in [1.807, 2.05) is 32.0 Å². The van der Waals surface area contributed by atoms with Crippen LogP contribution < -0.4 is 0 Å². The van der Waals surface area contributed by atoms with Crippen LogP contribution in [0.3, 0.4) is 0 Å². The van der Waals surface area contributed by atoms with Gasteiger partial charge in [-0.3, -0.25) is 9.59 Å². The number of hydrogen-bond donors (Lipinski definition) is 1. The predicted molar refractivity (Wildman–Crippen MR) is 82.6 cm³/mol. The Balaban J connectivity index is 2.23. The predicted octanol–water partition coefficient (Wildman–Crippen LogP) is 3.27. The van der Waals surface area contributed by atoms with Crippen LogP contribution in [0.4, 0.5) is 0 Å². The lowest BCUT2D eigenvalue weighted by Gasteiger charge is -2.26. The Bertz CT molecular complexity index is 646. The fraction of sp³-hybridized carbons (Fsp3) is 0.294. The van der Waals surface area contributed by atoms with Crippen molar-refractivity contribution in [2.45, 2.75) is 26.3 Å². The Hall–Kier alpha value is -2.56. The molecule has 1 aromatic carbocycles. The van der Waals surface area contributed by atoms with Crippen LogP contribution in [0, 0.1) is 0 Å². The third-order valence-corrected chi connectivity index (χ3v) is 3.41. The van der Waals surface area contributed by atoms with Crippen LogP contribution in [0.5, 0.6) is 0 Å².